The summed E-state index contributed by atoms with van der Waals surface area (Å²) in [5.41, 5.74) is 2.32. The van der Waals surface area contributed by atoms with Gasteiger partial charge in [-0.3, -0.25) is 4.68 Å². The molecule has 0 bridgehead atoms. The Morgan fingerprint density at radius 2 is 2.36 bits per heavy atom. The third-order valence-corrected chi connectivity index (χ3v) is 2.36. The van der Waals surface area contributed by atoms with Gasteiger partial charge < -0.3 is 4.79 Å². The average Bonchev–Trinajstić information content (AvgIpc) is 2.57. The minimum Gasteiger partial charge on any atom is -0.303 e. The van der Waals surface area contributed by atoms with E-state index < -0.39 is 0 Å². The molecule has 0 saturated carbocycles. The number of hydrogen-bond donors (Lipinski definition) is 0. The minimum atomic E-state index is 0.589. The van der Waals surface area contributed by atoms with Crippen molar-refractivity contribution >= 4 is 17.2 Å². The van der Waals surface area contributed by atoms with E-state index in [-0.39, 0.29) is 0 Å². The maximum absolute atomic E-state index is 10.2. The van der Waals surface area contributed by atoms with Crippen molar-refractivity contribution in [3.05, 3.63) is 30.0 Å². The van der Waals surface area contributed by atoms with Crippen LogP contribution in [0.2, 0.25) is 0 Å². The van der Waals surface area contributed by atoms with Crippen molar-refractivity contribution in [2.45, 2.75) is 12.8 Å². The Bertz CT molecular complexity index is 459. The molecule has 0 amide bonds. The Hall–Kier alpha value is -1.64. The van der Waals surface area contributed by atoms with Crippen LogP contribution in [-0.2, 0) is 18.3 Å². The first-order chi connectivity index (χ1) is 6.81. The third-order valence-electron chi connectivity index (χ3n) is 2.36. The second-order valence-electron chi connectivity index (χ2n) is 3.37. The minimum absolute atomic E-state index is 0.589. The van der Waals surface area contributed by atoms with Crippen LogP contribution in [0.4, 0.5) is 0 Å². The molecule has 0 radical (unpaired) electrons. The van der Waals surface area contributed by atoms with Crippen LogP contribution in [0.15, 0.2) is 24.4 Å². The zero-order valence-corrected chi connectivity index (χ0v) is 8.10. The van der Waals surface area contributed by atoms with Gasteiger partial charge in [-0.05, 0) is 24.1 Å². The molecule has 0 aliphatic heterocycles. The number of aldehydes is 1. The van der Waals surface area contributed by atoms with Crippen LogP contribution in [0.5, 0.6) is 0 Å². The number of aryl methyl sites for hydroxylation is 2. The first-order valence-corrected chi connectivity index (χ1v) is 4.65. The van der Waals surface area contributed by atoms with E-state index in [9.17, 15) is 4.79 Å². The van der Waals surface area contributed by atoms with Crippen molar-refractivity contribution in [3.8, 4) is 0 Å². The van der Waals surface area contributed by atoms with Crippen LogP contribution in [-0.4, -0.2) is 16.1 Å². The Kier molecular flexibility index (Phi) is 2.31. The Morgan fingerprint density at radius 3 is 3.14 bits per heavy atom. The molecule has 14 heavy (non-hydrogen) atoms. The van der Waals surface area contributed by atoms with E-state index >= 15 is 0 Å². The molecule has 0 N–H and O–H groups in total. The van der Waals surface area contributed by atoms with Crippen LogP contribution >= 0.6 is 0 Å². The van der Waals surface area contributed by atoms with Gasteiger partial charge in [-0.15, -0.1) is 0 Å². The lowest BCUT2D eigenvalue weighted by Gasteiger charge is -1.98. The molecular formula is C11H12N2O. The van der Waals surface area contributed by atoms with Gasteiger partial charge in [-0.1, -0.05) is 6.07 Å². The molecule has 2 rings (SSSR count). The van der Waals surface area contributed by atoms with Gasteiger partial charge in [0.05, 0.1) is 11.7 Å². The van der Waals surface area contributed by atoms with Crippen molar-refractivity contribution in [1.29, 1.82) is 0 Å². The number of carbonyl (C=O) groups is 1. The first-order valence-electron chi connectivity index (χ1n) is 4.65. The van der Waals surface area contributed by atoms with Gasteiger partial charge in [0.15, 0.2) is 0 Å². The summed E-state index contributed by atoms with van der Waals surface area (Å²) in [6.45, 7) is 0. The highest BCUT2D eigenvalue weighted by molar-refractivity contribution is 5.79. The van der Waals surface area contributed by atoms with Crippen molar-refractivity contribution in [2.24, 2.45) is 7.05 Å². The van der Waals surface area contributed by atoms with Crippen LogP contribution in [0.1, 0.15) is 12.0 Å². The number of carbonyl (C=O) groups excluding carboxylic acids is 1. The zero-order valence-electron chi connectivity index (χ0n) is 8.10. The summed E-state index contributed by atoms with van der Waals surface area (Å²) in [7, 11) is 1.92. The molecule has 2 aromatic rings. The summed E-state index contributed by atoms with van der Waals surface area (Å²) >= 11 is 0. The fourth-order valence-corrected chi connectivity index (χ4v) is 1.59. The van der Waals surface area contributed by atoms with Crippen molar-refractivity contribution in [1.82, 2.24) is 9.78 Å². The maximum atomic E-state index is 10.2. The second kappa shape index (κ2) is 3.62. The summed E-state index contributed by atoms with van der Waals surface area (Å²) in [5.74, 6) is 0. The number of benzene rings is 1. The molecule has 0 spiro atoms. The number of rotatable bonds is 3. The fourth-order valence-electron chi connectivity index (χ4n) is 1.59. The molecule has 0 atom stereocenters. The van der Waals surface area contributed by atoms with Crippen LogP contribution in [0, 0.1) is 0 Å². The predicted molar refractivity (Wildman–Crippen MR) is 55.1 cm³/mol. The summed E-state index contributed by atoms with van der Waals surface area (Å²) < 4.78 is 1.85. The highest BCUT2D eigenvalue weighted by Crippen LogP contribution is 2.15. The van der Waals surface area contributed by atoms with E-state index in [1.165, 1.54) is 5.56 Å². The molecule has 1 aromatic heterocycles. The third kappa shape index (κ3) is 1.53. The number of fused-ring (bicyclic) bond motifs is 1. The van der Waals surface area contributed by atoms with Gasteiger partial charge in [0.25, 0.3) is 0 Å². The smallest absolute Gasteiger partial charge is 0.120 e. The van der Waals surface area contributed by atoms with E-state index in [0.717, 1.165) is 23.6 Å². The monoisotopic (exact) mass is 188 g/mol. The van der Waals surface area contributed by atoms with Gasteiger partial charge in [0, 0.05) is 18.9 Å². The molecular weight excluding hydrogens is 176 g/mol. The summed E-state index contributed by atoms with van der Waals surface area (Å²) in [6, 6.07) is 6.18. The Balaban J connectivity index is 2.36. The SMILES string of the molecule is Cn1ncc2cc(CCC=O)ccc21. The molecule has 3 nitrogen and oxygen atoms in total. The van der Waals surface area contributed by atoms with E-state index in [1.807, 2.05) is 30.1 Å². The molecule has 0 saturated heterocycles. The maximum Gasteiger partial charge on any atom is 0.120 e. The summed E-state index contributed by atoms with van der Waals surface area (Å²) in [5, 5.41) is 5.30. The molecule has 0 aliphatic carbocycles. The lowest BCUT2D eigenvalue weighted by atomic mass is 10.1. The Morgan fingerprint density at radius 1 is 1.50 bits per heavy atom. The van der Waals surface area contributed by atoms with E-state index in [4.69, 9.17) is 0 Å². The fraction of sp³-hybridized carbons (Fsp3) is 0.273. The molecule has 0 unspecified atom stereocenters. The van der Waals surface area contributed by atoms with Crippen LogP contribution < -0.4 is 0 Å². The van der Waals surface area contributed by atoms with Crippen molar-refractivity contribution < 1.29 is 4.79 Å². The van der Waals surface area contributed by atoms with Crippen LogP contribution in [0.25, 0.3) is 10.9 Å². The number of hydrogen-bond acceptors (Lipinski definition) is 2. The largest absolute Gasteiger partial charge is 0.303 e. The number of aromatic nitrogens is 2. The first kappa shape index (κ1) is 8.94. The lowest BCUT2D eigenvalue weighted by molar-refractivity contribution is -0.107. The van der Waals surface area contributed by atoms with E-state index in [2.05, 4.69) is 11.2 Å². The topological polar surface area (TPSA) is 34.9 Å². The van der Waals surface area contributed by atoms with E-state index in [0.29, 0.717) is 6.42 Å². The standard InChI is InChI=1S/C11H12N2O/c1-13-11-5-4-9(3-2-6-14)7-10(11)8-12-13/h4-8H,2-3H2,1H3. The van der Waals surface area contributed by atoms with Gasteiger partial charge in [-0.25, -0.2) is 0 Å². The van der Waals surface area contributed by atoms with E-state index in [1.54, 1.807) is 0 Å². The van der Waals surface area contributed by atoms with Gasteiger partial charge in [-0.2, -0.15) is 5.10 Å². The zero-order chi connectivity index (χ0) is 9.97. The molecule has 72 valence electrons. The highest BCUT2D eigenvalue weighted by atomic mass is 16.1. The summed E-state index contributed by atoms with van der Waals surface area (Å²) in [4.78, 5) is 10.2. The average molecular weight is 188 g/mol. The molecule has 1 aromatic carbocycles. The second-order valence-corrected chi connectivity index (χ2v) is 3.37. The molecule has 3 heteroatoms. The van der Waals surface area contributed by atoms with Crippen LogP contribution in [0.3, 0.4) is 0 Å². The van der Waals surface area contributed by atoms with Gasteiger partial charge in [0.2, 0.25) is 0 Å². The van der Waals surface area contributed by atoms with Crippen molar-refractivity contribution in [3.63, 3.8) is 0 Å². The molecule has 0 fully saturated rings. The quantitative estimate of drug-likeness (QED) is 0.687. The predicted octanol–water partition coefficient (Wildman–Crippen LogP) is 1.70. The number of nitrogens with zero attached hydrogens (tertiary/aromatic N) is 2. The summed E-state index contributed by atoms with van der Waals surface area (Å²) in [6.07, 6.45) is 4.20. The van der Waals surface area contributed by atoms with Gasteiger partial charge >= 0.3 is 0 Å². The molecule has 0 aliphatic rings. The Labute approximate surface area is 82.3 Å². The normalized spacial score (nSPS) is 10.6. The highest BCUT2D eigenvalue weighted by Gasteiger charge is 2.00. The van der Waals surface area contributed by atoms with Crippen molar-refractivity contribution in [2.75, 3.05) is 0 Å². The van der Waals surface area contributed by atoms with Gasteiger partial charge in [0.1, 0.15) is 6.29 Å². The lowest BCUT2D eigenvalue weighted by Crippen LogP contribution is -1.89. The molecule has 1 heterocycles.